The first-order chi connectivity index (χ1) is 19.8. The molecular weight excluding hydrogens is 574 g/mol. The summed E-state index contributed by atoms with van der Waals surface area (Å²) in [7, 11) is -2.19. The Hall–Kier alpha value is -3.56. The van der Waals surface area contributed by atoms with Gasteiger partial charge in [-0.25, -0.2) is 8.42 Å². The van der Waals surface area contributed by atoms with Crippen molar-refractivity contribution in [2.24, 2.45) is 0 Å². The van der Waals surface area contributed by atoms with Crippen molar-refractivity contribution < 1.29 is 22.7 Å². The summed E-state index contributed by atoms with van der Waals surface area (Å²) < 4.78 is 31.8. The van der Waals surface area contributed by atoms with Gasteiger partial charge in [0.05, 0.1) is 24.1 Å². The molecule has 3 rings (SSSR count). The van der Waals surface area contributed by atoms with Crippen LogP contribution in [-0.4, -0.2) is 56.6 Å². The first-order valence-electron chi connectivity index (χ1n) is 13.8. The van der Waals surface area contributed by atoms with Gasteiger partial charge in [0.25, 0.3) is 0 Å². The van der Waals surface area contributed by atoms with Crippen molar-refractivity contribution in [1.82, 2.24) is 10.2 Å². The quantitative estimate of drug-likeness (QED) is 0.277. The predicted octanol–water partition coefficient (Wildman–Crippen LogP) is 5.45. The number of rotatable bonds is 13. The summed E-state index contributed by atoms with van der Waals surface area (Å²) >= 11 is 6.26. The number of anilines is 1. The zero-order valence-corrected chi connectivity index (χ0v) is 26.4. The third-order valence-electron chi connectivity index (χ3n) is 6.54. The van der Waals surface area contributed by atoms with Crippen LogP contribution >= 0.6 is 11.6 Å². The fourth-order valence-electron chi connectivity index (χ4n) is 4.60. The molecule has 8 nitrogen and oxygen atoms in total. The fraction of sp³-hybridized carbons (Fsp3) is 0.375. The standard InChI is InChI=1S/C32H40ClN3O5S/c1-32(2,3)34-31(38)28(21-24-13-8-6-9-14-24)35(23-25-15-10-7-11-16-25)30(37)17-12-20-36(42(5,39)40)26-18-19-29(41-4)27(33)22-26/h6-11,13-16,18-19,22,28H,12,17,20-21,23H2,1-5H3,(H,34,38). The second-order valence-corrected chi connectivity index (χ2v) is 13.5. The van der Waals surface area contributed by atoms with Crippen molar-refractivity contribution in [3.05, 3.63) is 95.0 Å². The van der Waals surface area contributed by atoms with Gasteiger partial charge in [-0.1, -0.05) is 72.3 Å². The van der Waals surface area contributed by atoms with Crippen molar-refractivity contribution in [3.63, 3.8) is 0 Å². The predicted molar refractivity (Wildman–Crippen MR) is 168 cm³/mol. The second-order valence-electron chi connectivity index (χ2n) is 11.2. The lowest BCUT2D eigenvalue weighted by molar-refractivity contribution is -0.142. The summed E-state index contributed by atoms with van der Waals surface area (Å²) in [5.41, 5.74) is 1.70. The second kappa shape index (κ2) is 14.6. The number of hydrogen-bond acceptors (Lipinski definition) is 5. The molecule has 0 fully saturated rings. The molecule has 2 amide bonds. The largest absolute Gasteiger partial charge is 0.495 e. The maximum Gasteiger partial charge on any atom is 0.243 e. The van der Waals surface area contributed by atoms with Crippen LogP contribution in [0.2, 0.25) is 5.02 Å². The van der Waals surface area contributed by atoms with E-state index in [1.165, 1.54) is 17.5 Å². The van der Waals surface area contributed by atoms with Crippen molar-refractivity contribution in [2.45, 2.75) is 58.2 Å². The zero-order valence-electron chi connectivity index (χ0n) is 24.8. The molecule has 0 aromatic heterocycles. The molecule has 1 unspecified atom stereocenters. The average Bonchev–Trinajstić information content (AvgIpc) is 2.92. The van der Waals surface area contributed by atoms with Gasteiger partial charge in [0.2, 0.25) is 21.8 Å². The van der Waals surface area contributed by atoms with Gasteiger partial charge in [-0.05, 0) is 56.5 Å². The van der Waals surface area contributed by atoms with E-state index in [4.69, 9.17) is 16.3 Å². The molecule has 0 saturated carbocycles. The van der Waals surface area contributed by atoms with E-state index in [0.717, 1.165) is 17.4 Å². The van der Waals surface area contributed by atoms with Crippen LogP contribution in [0.5, 0.6) is 5.75 Å². The summed E-state index contributed by atoms with van der Waals surface area (Å²) in [6.07, 6.45) is 1.72. The Balaban J connectivity index is 1.88. The van der Waals surface area contributed by atoms with Gasteiger partial charge < -0.3 is 15.0 Å². The smallest absolute Gasteiger partial charge is 0.243 e. The molecular formula is C32H40ClN3O5S. The number of nitrogens with one attached hydrogen (secondary N) is 1. The van der Waals surface area contributed by atoms with Crippen LogP contribution in [0, 0.1) is 0 Å². The molecule has 0 heterocycles. The molecule has 42 heavy (non-hydrogen) atoms. The Morgan fingerprint density at radius 1 is 0.952 bits per heavy atom. The number of ether oxygens (including phenoxy) is 1. The molecule has 3 aromatic rings. The number of halogens is 1. The van der Waals surface area contributed by atoms with E-state index in [2.05, 4.69) is 5.32 Å². The summed E-state index contributed by atoms with van der Waals surface area (Å²) in [5, 5.41) is 3.33. The van der Waals surface area contributed by atoms with Crippen LogP contribution in [0.25, 0.3) is 0 Å². The zero-order chi connectivity index (χ0) is 30.9. The van der Waals surface area contributed by atoms with Gasteiger partial charge in [-0.15, -0.1) is 0 Å². The lowest BCUT2D eigenvalue weighted by Gasteiger charge is -2.34. The van der Waals surface area contributed by atoms with E-state index in [-0.39, 0.29) is 42.8 Å². The van der Waals surface area contributed by atoms with E-state index in [1.807, 2.05) is 81.4 Å². The Morgan fingerprint density at radius 3 is 2.07 bits per heavy atom. The number of amides is 2. The van der Waals surface area contributed by atoms with Crippen molar-refractivity contribution in [2.75, 3.05) is 24.2 Å². The topological polar surface area (TPSA) is 96.0 Å². The minimum absolute atomic E-state index is 0.0385. The molecule has 0 bridgehead atoms. The van der Waals surface area contributed by atoms with Crippen LogP contribution in [0.4, 0.5) is 5.69 Å². The SMILES string of the molecule is COc1ccc(N(CCCC(=O)N(Cc2ccccc2)C(Cc2ccccc2)C(=O)NC(C)(C)C)S(C)(=O)=O)cc1Cl. The molecule has 3 aromatic carbocycles. The molecule has 0 saturated heterocycles. The van der Waals surface area contributed by atoms with E-state index in [0.29, 0.717) is 17.9 Å². The molecule has 226 valence electrons. The molecule has 10 heteroatoms. The highest BCUT2D eigenvalue weighted by molar-refractivity contribution is 7.92. The number of benzene rings is 3. The van der Waals surface area contributed by atoms with Gasteiger partial charge in [-0.2, -0.15) is 0 Å². The van der Waals surface area contributed by atoms with Gasteiger partial charge in [-0.3, -0.25) is 13.9 Å². The molecule has 1 N–H and O–H groups in total. The third-order valence-corrected chi connectivity index (χ3v) is 8.03. The number of nitrogens with zero attached hydrogens (tertiary/aromatic N) is 2. The van der Waals surface area contributed by atoms with Crippen molar-refractivity contribution in [1.29, 1.82) is 0 Å². The number of sulfonamides is 1. The number of carbonyl (C=O) groups excluding carboxylic acids is 2. The van der Waals surface area contributed by atoms with Gasteiger partial charge in [0, 0.05) is 31.5 Å². The molecule has 0 spiro atoms. The van der Waals surface area contributed by atoms with E-state index >= 15 is 0 Å². The summed E-state index contributed by atoms with van der Waals surface area (Å²) in [6, 6.07) is 23.1. The normalized spacial score (nSPS) is 12.3. The maximum absolute atomic E-state index is 13.9. The van der Waals surface area contributed by atoms with Crippen LogP contribution in [0.3, 0.4) is 0 Å². The average molecular weight is 614 g/mol. The summed E-state index contributed by atoms with van der Waals surface area (Å²) in [4.78, 5) is 29.2. The summed E-state index contributed by atoms with van der Waals surface area (Å²) in [6.45, 7) is 6.00. The Bertz CT molecular complexity index is 1440. The number of methoxy groups -OCH3 is 1. The van der Waals surface area contributed by atoms with Crippen LogP contribution in [-0.2, 0) is 32.6 Å². The van der Waals surface area contributed by atoms with Crippen molar-refractivity contribution in [3.8, 4) is 5.75 Å². The Labute approximate surface area is 254 Å². The van der Waals surface area contributed by atoms with Crippen LogP contribution in [0.1, 0.15) is 44.7 Å². The van der Waals surface area contributed by atoms with Crippen molar-refractivity contribution >= 4 is 39.1 Å². The minimum atomic E-state index is -3.67. The van der Waals surface area contributed by atoms with Gasteiger partial charge >= 0.3 is 0 Å². The highest BCUT2D eigenvalue weighted by Gasteiger charge is 2.32. The van der Waals surface area contributed by atoms with Crippen LogP contribution in [0.15, 0.2) is 78.9 Å². The Morgan fingerprint density at radius 2 is 1.55 bits per heavy atom. The highest BCUT2D eigenvalue weighted by atomic mass is 35.5. The highest BCUT2D eigenvalue weighted by Crippen LogP contribution is 2.30. The molecule has 0 radical (unpaired) electrons. The van der Waals surface area contributed by atoms with E-state index in [1.54, 1.807) is 17.0 Å². The van der Waals surface area contributed by atoms with E-state index < -0.39 is 21.6 Å². The first kappa shape index (κ1) is 32.9. The maximum atomic E-state index is 13.9. The molecule has 1 atom stereocenters. The molecule has 0 aliphatic carbocycles. The van der Waals surface area contributed by atoms with Crippen LogP contribution < -0.4 is 14.4 Å². The molecule has 0 aliphatic heterocycles. The fourth-order valence-corrected chi connectivity index (χ4v) is 5.81. The summed E-state index contributed by atoms with van der Waals surface area (Å²) in [5.74, 6) is -0.0649. The van der Waals surface area contributed by atoms with E-state index in [9.17, 15) is 18.0 Å². The number of hydrogen-bond donors (Lipinski definition) is 1. The lowest BCUT2D eigenvalue weighted by Crippen LogP contribution is -2.54. The first-order valence-corrected chi connectivity index (χ1v) is 16.0. The van der Waals surface area contributed by atoms with Gasteiger partial charge in [0.1, 0.15) is 11.8 Å². The van der Waals surface area contributed by atoms with Gasteiger partial charge in [0.15, 0.2) is 0 Å². The number of carbonyl (C=O) groups is 2. The minimum Gasteiger partial charge on any atom is -0.495 e. The molecule has 0 aliphatic rings. The Kier molecular flexibility index (Phi) is 11.4. The lowest BCUT2D eigenvalue weighted by atomic mass is 10.00. The third kappa shape index (κ3) is 9.77. The monoisotopic (exact) mass is 613 g/mol.